The molecule has 2 aromatic rings. The van der Waals surface area contributed by atoms with Crippen LogP contribution in [-0.4, -0.2) is 30.0 Å². The molecule has 1 fully saturated rings. The van der Waals surface area contributed by atoms with Crippen LogP contribution in [0.4, 0.5) is 13.2 Å². The molecule has 0 radical (unpaired) electrons. The molecule has 1 N–H and O–H groups in total. The van der Waals surface area contributed by atoms with Crippen molar-refractivity contribution in [1.29, 1.82) is 0 Å². The molecule has 1 aliphatic carbocycles. The van der Waals surface area contributed by atoms with Crippen molar-refractivity contribution in [2.24, 2.45) is 11.3 Å². The van der Waals surface area contributed by atoms with Crippen molar-refractivity contribution in [2.75, 3.05) is 13.2 Å². The molecule has 2 aliphatic rings. The van der Waals surface area contributed by atoms with Gasteiger partial charge in [0.15, 0.2) is 0 Å². The summed E-state index contributed by atoms with van der Waals surface area (Å²) in [6, 6.07) is 12.2. The fraction of sp³-hybridized carbons (Fsp3) is 0.536. The summed E-state index contributed by atoms with van der Waals surface area (Å²) < 4.78 is 45.2. The van der Waals surface area contributed by atoms with Gasteiger partial charge in [-0.15, -0.1) is 0 Å². The average molecular weight is 489 g/mol. The van der Waals surface area contributed by atoms with Gasteiger partial charge in [0.05, 0.1) is 17.6 Å². The predicted octanol–water partition coefficient (Wildman–Crippen LogP) is 5.97. The summed E-state index contributed by atoms with van der Waals surface area (Å²) in [6.45, 7) is 8.29. The third kappa shape index (κ3) is 5.50. The van der Waals surface area contributed by atoms with Crippen LogP contribution in [0.5, 0.6) is 5.75 Å². The van der Waals surface area contributed by atoms with Gasteiger partial charge in [-0.3, -0.25) is 4.79 Å². The van der Waals surface area contributed by atoms with Gasteiger partial charge in [-0.25, -0.2) is 0 Å². The molecule has 7 heteroatoms. The molecule has 2 atom stereocenters. The quantitative estimate of drug-likeness (QED) is 0.522. The number of ether oxygens (including phenoxy) is 1. The first-order chi connectivity index (χ1) is 16.6. The second-order valence-corrected chi connectivity index (χ2v) is 10.2. The van der Waals surface area contributed by atoms with Gasteiger partial charge >= 0.3 is 6.18 Å². The lowest BCUT2D eigenvalue weighted by Crippen LogP contribution is -2.48. The summed E-state index contributed by atoms with van der Waals surface area (Å²) in [5.74, 6) is 1.09. The zero-order chi connectivity index (χ0) is 25.2. The van der Waals surface area contributed by atoms with Gasteiger partial charge in [0.2, 0.25) is 5.91 Å². The van der Waals surface area contributed by atoms with E-state index in [0.29, 0.717) is 25.1 Å². The maximum absolute atomic E-state index is 13.8. The Hall–Kier alpha value is -2.54. The fourth-order valence-corrected chi connectivity index (χ4v) is 5.57. The topological polar surface area (TPSA) is 41.6 Å². The van der Waals surface area contributed by atoms with Gasteiger partial charge in [0.25, 0.3) is 0 Å². The van der Waals surface area contributed by atoms with Crippen LogP contribution in [0.25, 0.3) is 0 Å². The largest absolute Gasteiger partial charge is 0.494 e. The first-order valence-electron chi connectivity index (χ1n) is 12.6. The number of carbonyl (C=O) groups is 1. The van der Waals surface area contributed by atoms with Crippen LogP contribution in [0, 0.1) is 11.3 Å². The minimum Gasteiger partial charge on any atom is -0.494 e. The zero-order valence-corrected chi connectivity index (χ0v) is 20.8. The number of hydrogen-bond acceptors (Lipinski definition) is 3. The van der Waals surface area contributed by atoms with E-state index < -0.39 is 17.2 Å². The van der Waals surface area contributed by atoms with Crippen LogP contribution < -0.4 is 10.1 Å². The van der Waals surface area contributed by atoms with Crippen LogP contribution in [0.2, 0.25) is 0 Å². The SMILES string of the molecule is CCOc1ccc(CN[C@@H]2CC[C@@](C(=O)N3CCc4ccc(C(F)(F)F)cc4C3)(C(C)C)C2)cc1. The zero-order valence-electron chi connectivity index (χ0n) is 20.8. The number of nitrogens with one attached hydrogen (secondary N) is 1. The number of nitrogens with zero attached hydrogens (tertiary/aromatic N) is 1. The van der Waals surface area contributed by atoms with E-state index in [9.17, 15) is 18.0 Å². The molecule has 4 nitrogen and oxygen atoms in total. The van der Waals surface area contributed by atoms with E-state index in [2.05, 4.69) is 19.2 Å². The Kier molecular flexibility index (Phi) is 7.46. The van der Waals surface area contributed by atoms with Crippen molar-refractivity contribution in [3.63, 3.8) is 0 Å². The minimum atomic E-state index is -4.38. The molecule has 0 saturated heterocycles. The van der Waals surface area contributed by atoms with Crippen molar-refractivity contribution >= 4 is 5.91 Å². The van der Waals surface area contributed by atoms with E-state index in [1.165, 1.54) is 6.07 Å². The molecule has 0 bridgehead atoms. The van der Waals surface area contributed by atoms with Crippen LogP contribution >= 0.6 is 0 Å². The summed E-state index contributed by atoms with van der Waals surface area (Å²) in [7, 11) is 0. The number of hydrogen-bond donors (Lipinski definition) is 1. The second-order valence-electron chi connectivity index (χ2n) is 10.2. The Labute approximate surface area is 205 Å². The second kappa shape index (κ2) is 10.2. The highest BCUT2D eigenvalue weighted by atomic mass is 19.4. The molecular formula is C28H35F3N2O2. The first-order valence-corrected chi connectivity index (χ1v) is 12.6. The van der Waals surface area contributed by atoms with E-state index in [1.807, 2.05) is 31.2 Å². The highest BCUT2D eigenvalue weighted by Gasteiger charge is 2.49. The van der Waals surface area contributed by atoms with Gasteiger partial charge in [0, 0.05) is 25.7 Å². The smallest absolute Gasteiger partial charge is 0.416 e. The van der Waals surface area contributed by atoms with Gasteiger partial charge in [-0.1, -0.05) is 32.0 Å². The third-order valence-electron chi connectivity index (χ3n) is 7.74. The van der Waals surface area contributed by atoms with Crippen molar-refractivity contribution in [3.05, 3.63) is 64.7 Å². The number of rotatable bonds is 7. The summed E-state index contributed by atoms with van der Waals surface area (Å²) in [5.41, 5.74) is 1.54. The summed E-state index contributed by atoms with van der Waals surface area (Å²) in [4.78, 5) is 15.6. The molecule has 1 heterocycles. The molecular weight excluding hydrogens is 453 g/mol. The Morgan fingerprint density at radius 2 is 1.91 bits per heavy atom. The Balaban J connectivity index is 1.42. The van der Waals surface area contributed by atoms with Crippen molar-refractivity contribution in [3.8, 4) is 5.75 Å². The fourth-order valence-electron chi connectivity index (χ4n) is 5.57. The van der Waals surface area contributed by atoms with Crippen LogP contribution in [-0.2, 0) is 30.5 Å². The van der Waals surface area contributed by atoms with Crippen molar-refractivity contribution in [2.45, 2.75) is 71.8 Å². The Morgan fingerprint density at radius 1 is 1.17 bits per heavy atom. The number of halogens is 3. The number of fused-ring (bicyclic) bond motifs is 1. The van der Waals surface area contributed by atoms with Crippen molar-refractivity contribution < 1.29 is 22.7 Å². The highest BCUT2D eigenvalue weighted by molar-refractivity contribution is 5.84. The molecule has 1 amide bonds. The molecule has 2 aromatic carbocycles. The van der Waals surface area contributed by atoms with Gasteiger partial charge in [0.1, 0.15) is 5.75 Å². The highest BCUT2D eigenvalue weighted by Crippen LogP contribution is 2.46. The van der Waals surface area contributed by atoms with E-state index >= 15 is 0 Å². The van der Waals surface area contributed by atoms with Crippen LogP contribution in [0.1, 0.15) is 62.3 Å². The average Bonchev–Trinajstić information content (AvgIpc) is 3.28. The first kappa shape index (κ1) is 25.5. The Morgan fingerprint density at radius 3 is 2.57 bits per heavy atom. The Bertz CT molecular complexity index is 1040. The maximum Gasteiger partial charge on any atom is 0.416 e. The van der Waals surface area contributed by atoms with Gasteiger partial charge in [-0.05, 0) is 79.5 Å². The number of carbonyl (C=O) groups excluding carboxylic acids is 1. The number of benzene rings is 2. The molecule has 190 valence electrons. The van der Waals surface area contributed by atoms with E-state index in [4.69, 9.17) is 4.74 Å². The summed E-state index contributed by atoms with van der Waals surface area (Å²) in [6.07, 6.45) is -1.35. The molecule has 1 aliphatic heterocycles. The molecule has 35 heavy (non-hydrogen) atoms. The molecule has 0 spiro atoms. The van der Waals surface area contributed by atoms with E-state index in [1.54, 1.807) is 11.0 Å². The summed E-state index contributed by atoms with van der Waals surface area (Å²) >= 11 is 0. The standard InChI is InChI=1S/C28H35F3N2O2/c1-4-35-25-9-5-20(6-10-25)17-32-24-11-13-27(16-24,19(2)3)26(34)33-14-12-21-7-8-23(28(29,30)31)15-22(21)18-33/h5-10,15,19,24,32H,4,11-14,16-18H2,1-3H3/t24-,27+/m1/s1. The molecule has 0 aromatic heterocycles. The van der Waals surface area contributed by atoms with Crippen molar-refractivity contribution in [1.82, 2.24) is 10.2 Å². The molecule has 0 unspecified atom stereocenters. The van der Waals surface area contributed by atoms with Crippen LogP contribution in [0.15, 0.2) is 42.5 Å². The van der Waals surface area contributed by atoms with E-state index in [-0.39, 0.29) is 24.4 Å². The van der Waals surface area contributed by atoms with Gasteiger partial charge in [-0.2, -0.15) is 13.2 Å². The lowest BCUT2D eigenvalue weighted by Gasteiger charge is -2.40. The van der Waals surface area contributed by atoms with E-state index in [0.717, 1.165) is 48.8 Å². The predicted molar refractivity (Wildman–Crippen MR) is 130 cm³/mol. The molecule has 4 rings (SSSR count). The van der Waals surface area contributed by atoms with Crippen LogP contribution in [0.3, 0.4) is 0 Å². The third-order valence-corrected chi connectivity index (χ3v) is 7.74. The lowest BCUT2D eigenvalue weighted by molar-refractivity contribution is -0.145. The minimum absolute atomic E-state index is 0.0842. The maximum atomic E-state index is 13.8. The summed E-state index contributed by atoms with van der Waals surface area (Å²) in [5, 5.41) is 3.62. The lowest BCUT2D eigenvalue weighted by atomic mass is 9.74. The van der Waals surface area contributed by atoms with Gasteiger partial charge < -0.3 is 15.0 Å². The number of alkyl halides is 3. The monoisotopic (exact) mass is 488 g/mol. The normalized spacial score (nSPS) is 22.4. The number of amides is 1. The molecule has 1 saturated carbocycles.